The number of piperidine rings is 1. The van der Waals surface area contributed by atoms with Crippen LogP contribution in [0.5, 0.6) is 0 Å². The number of nitrogens with one attached hydrogen (secondary N) is 2. The number of anilines is 1. The predicted molar refractivity (Wildman–Crippen MR) is 149 cm³/mol. The van der Waals surface area contributed by atoms with Crippen LogP contribution in [0, 0.1) is 6.57 Å². The molecule has 0 atom stereocenters. The molecule has 0 spiro atoms. The minimum atomic E-state index is -3.20. The summed E-state index contributed by atoms with van der Waals surface area (Å²) in [7, 11) is -3.20. The van der Waals surface area contributed by atoms with E-state index in [4.69, 9.17) is 18.2 Å². The fraction of sp³-hybridized carbons (Fsp3) is 0.462. The Kier molecular flexibility index (Phi) is 7.63. The highest BCUT2D eigenvalue weighted by atomic mass is 35.5. The topological polar surface area (TPSA) is 130 Å². The molecule has 5 rings (SSSR count). The third kappa shape index (κ3) is 6.23. The Bertz CT molecular complexity index is 1510. The van der Waals surface area contributed by atoms with Crippen molar-refractivity contribution in [2.45, 2.75) is 56.8 Å². The first-order chi connectivity index (χ1) is 18.5. The van der Waals surface area contributed by atoms with E-state index in [1.807, 2.05) is 18.2 Å². The second-order valence-corrected chi connectivity index (χ2v) is 12.9. The fourth-order valence-electron chi connectivity index (χ4n) is 5.12. The molecule has 2 aliphatic rings. The molecule has 3 heterocycles. The molecule has 11 nitrogen and oxygen atoms in total. The molecule has 3 N–H and O–H groups in total. The van der Waals surface area contributed by atoms with E-state index in [0.717, 1.165) is 18.4 Å². The molecule has 1 saturated carbocycles. The molecule has 0 amide bonds. The molecule has 0 bridgehead atoms. The Labute approximate surface area is 233 Å². The largest absolute Gasteiger partial charge is 0.393 e. The number of rotatable bonds is 8. The van der Waals surface area contributed by atoms with Crippen molar-refractivity contribution in [1.29, 1.82) is 0 Å². The number of aliphatic hydroxyl groups excluding tert-OH is 1. The minimum Gasteiger partial charge on any atom is -0.393 e. The molecule has 2 fully saturated rings. The lowest BCUT2D eigenvalue weighted by atomic mass is 9.76. The van der Waals surface area contributed by atoms with Crippen molar-refractivity contribution in [2.24, 2.45) is 0 Å². The standard InChI is InChI=1S/C26H31ClN8O3S/c1-26(11-20(36)12-26)30-13-17-4-5-23(21(27)10-17)35-16-18(14-31-35)24-22(28-2)15-29-25(33-24)32-19-6-8-34(9-7-19)39(3,37)38/h4-5,10,14-16,19-20,30,36H,6-9,11-13H2,1,3H3,(H,29,32,33). The summed E-state index contributed by atoms with van der Waals surface area (Å²) in [4.78, 5) is 12.5. The van der Waals surface area contributed by atoms with Crippen molar-refractivity contribution in [2.75, 3.05) is 24.7 Å². The number of aliphatic hydroxyl groups is 1. The number of hydrogen-bond acceptors (Lipinski definition) is 8. The van der Waals surface area contributed by atoms with Crippen LogP contribution in [0.25, 0.3) is 21.8 Å². The van der Waals surface area contributed by atoms with Gasteiger partial charge in [-0.15, -0.1) is 0 Å². The highest BCUT2D eigenvalue weighted by Crippen LogP contribution is 2.33. The molecule has 3 aromatic rings. The summed E-state index contributed by atoms with van der Waals surface area (Å²) in [6, 6.07) is 5.82. The third-order valence-electron chi connectivity index (χ3n) is 7.35. The van der Waals surface area contributed by atoms with E-state index in [2.05, 4.69) is 37.5 Å². The van der Waals surface area contributed by atoms with Gasteiger partial charge < -0.3 is 15.7 Å². The zero-order chi connectivity index (χ0) is 27.8. The average Bonchev–Trinajstić information content (AvgIpc) is 3.36. The van der Waals surface area contributed by atoms with Gasteiger partial charge in [0, 0.05) is 49.2 Å². The van der Waals surface area contributed by atoms with Gasteiger partial charge in [-0.2, -0.15) is 5.10 Å². The molecule has 0 radical (unpaired) electrons. The Morgan fingerprint density at radius 2 is 2.00 bits per heavy atom. The summed E-state index contributed by atoms with van der Waals surface area (Å²) < 4.78 is 26.7. The predicted octanol–water partition coefficient (Wildman–Crippen LogP) is 3.37. The lowest BCUT2D eigenvalue weighted by Gasteiger charge is -2.43. The lowest BCUT2D eigenvalue weighted by molar-refractivity contribution is 0.0109. The highest BCUT2D eigenvalue weighted by molar-refractivity contribution is 7.88. The Morgan fingerprint density at radius 3 is 2.64 bits per heavy atom. The van der Waals surface area contributed by atoms with Crippen LogP contribution in [0.3, 0.4) is 0 Å². The average molecular weight is 571 g/mol. The summed E-state index contributed by atoms with van der Waals surface area (Å²) >= 11 is 6.62. The Hall–Kier alpha value is -3.08. The quantitative estimate of drug-likeness (QED) is 0.352. The van der Waals surface area contributed by atoms with Gasteiger partial charge >= 0.3 is 0 Å². The van der Waals surface area contributed by atoms with Gasteiger partial charge in [-0.25, -0.2) is 32.2 Å². The summed E-state index contributed by atoms with van der Waals surface area (Å²) in [6.45, 7) is 11.2. The lowest BCUT2D eigenvalue weighted by Crippen LogP contribution is -2.54. The third-order valence-corrected chi connectivity index (χ3v) is 8.96. The molecule has 2 aromatic heterocycles. The maximum Gasteiger partial charge on any atom is 0.231 e. The Morgan fingerprint density at radius 1 is 1.26 bits per heavy atom. The number of aromatic nitrogens is 4. The monoisotopic (exact) mass is 570 g/mol. The normalized spacial score (nSPS) is 22.3. The van der Waals surface area contributed by atoms with Crippen molar-refractivity contribution in [1.82, 2.24) is 29.4 Å². The van der Waals surface area contributed by atoms with Crippen molar-refractivity contribution in [3.8, 4) is 16.9 Å². The van der Waals surface area contributed by atoms with Gasteiger partial charge in [-0.3, -0.25) is 0 Å². The smallest absolute Gasteiger partial charge is 0.231 e. The number of halogens is 1. The molecule has 39 heavy (non-hydrogen) atoms. The van der Waals surface area contributed by atoms with Gasteiger partial charge in [0.15, 0.2) is 0 Å². The van der Waals surface area contributed by atoms with E-state index in [9.17, 15) is 13.5 Å². The summed E-state index contributed by atoms with van der Waals surface area (Å²) in [5, 5.41) is 21.4. The molecular formula is C26H31ClN8O3S. The van der Waals surface area contributed by atoms with Gasteiger partial charge in [0.25, 0.3) is 0 Å². The van der Waals surface area contributed by atoms with Crippen LogP contribution < -0.4 is 10.6 Å². The van der Waals surface area contributed by atoms with Crippen LogP contribution >= 0.6 is 11.6 Å². The van der Waals surface area contributed by atoms with Gasteiger partial charge in [-0.05, 0) is 50.3 Å². The van der Waals surface area contributed by atoms with Crippen LogP contribution in [0.15, 0.2) is 36.8 Å². The maximum atomic E-state index is 11.8. The van der Waals surface area contributed by atoms with Gasteiger partial charge in [0.2, 0.25) is 21.7 Å². The van der Waals surface area contributed by atoms with E-state index in [1.165, 1.54) is 16.8 Å². The molecule has 13 heteroatoms. The molecule has 1 aliphatic carbocycles. The first-order valence-corrected chi connectivity index (χ1v) is 15.0. The number of nitrogens with zero attached hydrogens (tertiary/aromatic N) is 6. The summed E-state index contributed by atoms with van der Waals surface area (Å²) in [5.41, 5.74) is 3.08. The molecule has 1 aromatic carbocycles. The number of benzene rings is 1. The van der Waals surface area contributed by atoms with Crippen LogP contribution in [0.2, 0.25) is 5.02 Å². The van der Waals surface area contributed by atoms with Gasteiger partial charge in [0.05, 0.1) is 41.5 Å². The van der Waals surface area contributed by atoms with Crippen molar-refractivity contribution in [3.05, 3.63) is 58.8 Å². The van der Waals surface area contributed by atoms with Crippen LogP contribution in [-0.2, 0) is 16.6 Å². The second kappa shape index (κ2) is 10.8. The number of sulfonamides is 1. The van der Waals surface area contributed by atoms with Crippen molar-refractivity contribution >= 4 is 33.3 Å². The van der Waals surface area contributed by atoms with Gasteiger partial charge in [0.1, 0.15) is 0 Å². The molecule has 1 saturated heterocycles. The SMILES string of the molecule is [C-]#[N+]c1cnc(NC2CCN(S(C)(=O)=O)CC2)nc1-c1cnn(-c2ccc(CNC3(C)CC(O)C3)cc2Cl)c1. The zero-order valence-electron chi connectivity index (χ0n) is 21.8. The summed E-state index contributed by atoms with van der Waals surface area (Å²) in [6.07, 6.45) is 8.65. The molecule has 0 unspecified atom stereocenters. The van der Waals surface area contributed by atoms with Crippen LogP contribution in [0.4, 0.5) is 11.6 Å². The van der Waals surface area contributed by atoms with Crippen molar-refractivity contribution < 1.29 is 13.5 Å². The van der Waals surface area contributed by atoms with E-state index in [0.29, 0.717) is 66.1 Å². The fourth-order valence-corrected chi connectivity index (χ4v) is 6.28. The molecular weight excluding hydrogens is 540 g/mol. The second-order valence-electron chi connectivity index (χ2n) is 10.6. The van der Waals surface area contributed by atoms with E-state index in [1.54, 1.807) is 17.1 Å². The summed E-state index contributed by atoms with van der Waals surface area (Å²) in [5.74, 6) is 0.380. The zero-order valence-corrected chi connectivity index (χ0v) is 23.4. The van der Waals surface area contributed by atoms with E-state index < -0.39 is 10.0 Å². The molecule has 206 valence electrons. The minimum absolute atomic E-state index is 0.0288. The van der Waals surface area contributed by atoms with Gasteiger partial charge in [-0.1, -0.05) is 17.7 Å². The van der Waals surface area contributed by atoms with Crippen LogP contribution in [0.1, 0.15) is 38.2 Å². The maximum absolute atomic E-state index is 11.8. The first-order valence-electron chi connectivity index (χ1n) is 12.8. The van der Waals surface area contributed by atoms with E-state index >= 15 is 0 Å². The molecule has 1 aliphatic heterocycles. The highest BCUT2D eigenvalue weighted by Gasteiger charge is 2.38. The Balaban J connectivity index is 1.29. The number of hydrogen-bond donors (Lipinski definition) is 3. The first kappa shape index (κ1) is 27.5. The van der Waals surface area contributed by atoms with Crippen molar-refractivity contribution in [3.63, 3.8) is 0 Å². The van der Waals surface area contributed by atoms with Crippen LogP contribution in [-0.4, -0.2) is 74.6 Å². The van der Waals surface area contributed by atoms with E-state index in [-0.39, 0.29) is 17.7 Å².